The number of halogens is 3. The molecule has 1 aromatic carbocycles. The normalized spacial score (nSPS) is 11.3. The number of hydrogen-bond acceptors (Lipinski definition) is 2. The van der Waals surface area contributed by atoms with E-state index in [0.717, 1.165) is 11.3 Å². The van der Waals surface area contributed by atoms with E-state index in [1.165, 1.54) is 10.9 Å². The van der Waals surface area contributed by atoms with Gasteiger partial charge in [0.1, 0.15) is 11.6 Å². The summed E-state index contributed by atoms with van der Waals surface area (Å²) in [5.74, 6) is 0.881. The molecule has 0 atom stereocenters. The maximum Gasteiger partial charge on any atom is 0.144 e. The minimum atomic E-state index is -0.447. The number of aryl methyl sites for hydroxylation is 1. The van der Waals surface area contributed by atoms with Gasteiger partial charge >= 0.3 is 0 Å². The Bertz CT molecular complexity index is 737. The predicted molar refractivity (Wildman–Crippen MR) is 82.5 cm³/mol. The maximum absolute atomic E-state index is 13.5. The molecule has 20 heavy (non-hydrogen) atoms. The number of alkyl halides is 1. The molecule has 0 saturated carbocycles. The van der Waals surface area contributed by atoms with Crippen molar-refractivity contribution in [2.45, 2.75) is 13.0 Å². The zero-order chi connectivity index (χ0) is 14.1. The molecule has 0 amide bonds. The van der Waals surface area contributed by atoms with Crippen molar-refractivity contribution in [2.75, 3.05) is 5.88 Å². The minimum Gasteiger partial charge on any atom is -0.323 e. The largest absolute Gasteiger partial charge is 0.323 e. The van der Waals surface area contributed by atoms with E-state index in [4.69, 9.17) is 23.2 Å². The second-order valence-electron chi connectivity index (χ2n) is 4.39. The highest BCUT2D eigenvalue weighted by Crippen LogP contribution is 2.25. The fourth-order valence-electron chi connectivity index (χ4n) is 2.18. The maximum atomic E-state index is 13.5. The summed E-state index contributed by atoms with van der Waals surface area (Å²) in [5, 5.41) is 2.14. The quantitative estimate of drug-likeness (QED) is 0.633. The molecule has 0 fully saturated rings. The fraction of sp³-hybridized carbons (Fsp3) is 0.214. The molecule has 2 nitrogen and oxygen atoms in total. The first kappa shape index (κ1) is 13.9. The van der Waals surface area contributed by atoms with Gasteiger partial charge in [0, 0.05) is 23.2 Å². The number of imidazole rings is 1. The van der Waals surface area contributed by atoms with Crippen LogP contribution in [0.3, 0.4) is 0 Å². The molecule has 104 valence electrons. The van der Waals surface area contributed by atoms with Crippen LogP contribution in [0, 0.1) is 5.82 Å². The second-order valence-corrected chi connectivity index (χ2v) is 6.20. The average molecular weight is 329 g/mol. The van der Waals surface area contributed by atoms with Crippen molar-refractivity contribution >= 4 is 45.6 Å². The van der Waals surface area contributed by atoms with Gasteiger partial charge < -0.3 is 4.57 Å². The van der Waals surface area contributed by atoms with Crippen LogP contribution in [0.1, 0.15) is 10.7 Å². The Morgan fingerprint density at radius 2 is 2.20 bits per heavy atom. The van der Waals surface area contributed by atoms with Gasteiger partial charge in [-0.2, -0.15) is 0 Å². The van der Waals surface area contributed by atoms with Crippen LogP contribution in [0.25, 0.3) is 11.0 Å². The zero-order valence-electron chi connectivity index (χ0n) is 10.4. The van der Waals surface area contributed by atoms with Crippen LogP contribution in [0.15, 0.2) is 29.6 Å². The summed E-state index contributed by atoms with van der Waals surface area (Å²) in [6.07, 6.45) is 0.640. The van der Waals surface area contributed by atoms with Crippen molar-refractivity contribution in [2.24, 2.45) is 0 Å². The van der Waals surface area contributed by atoms with Crippen LogP contribution in [-0.2, 0) is 13.0 Å². The second kappa shape index (κ2) is 5.72. The summed E-state index contributed by atoms with van der Waals surface area (Å²) >= 11 is 13.4. The summed E-state index contributed by atoms with van der Waals surface area (Å²) in [7, 11) is 0. The van der Waals surface area contributed by atoms with Gasteiger partial charge in [-0.1, -0.05) is 17.7 Å². The predicted octanol–water partition coefficient (Wildman–Crippen LogP) is 4.72. The number of hydrogen-bond donors (Lipinski definition) is 0. The number of fused-ring (bicyclic) bond motifs is 1. The van der Waals surface area contributed by atoms with Crippen molar-refractivity contribution in [1.82, 2.24) is 9.55 Å². The number of nitrogens with zero attached hydrogens (tertiary/aromatic N) is 2. The number of rotatable bonds is 4. The molecule has 0 unspecified atom stereocenters. The first-order chi connectivity index (χ1) is 9.69. The molecule has 0 saturated heterocycles. The Labute approximate surface area is 129 Å². The number of thiophene rings is 1. The van der Waals surface area contributed by atoms with E-state index in [-0.39, 0.29) is 5.02 Å². The standard InChI is InChI=1S/C14H11Cl2FN2S/c15-4-3-14-18-12-7-11(17)10(16)6-13(12)19(14)8-9-2-1-5-20-9/h1-2,5-7H,3-4,8H2. The van der Waals surface area contributed by atoms with E-state index >= 15 is 0 Å². The Hall–Kier alpha value is -1.10. The molecule has 0 aliphatic heterocycles. The SMILES string of the molecule is Fc1cc2nc(CCCl)n(Cc3cccs3)c2cc1Cl. The fourth-order valence-corrected chi connectivity index (χ4v) is 3.20. The third kappa shape index (κ3) is 2.55. The molecule has 0 radical (unpaired) electrons. The molecule has 3 aromatic rings. The molecule has 0 N–H and O–H groups in total. The van der Waals surface area contributed by atoms with Crippen molar-refractivity contribution < 1.29 is 4.39 Å². The minimum absolute atomic E-state index is 0.113. The molecule has 6 heteroatoms. The molecule has 0 aliphatic rings. The van der Waals surface area contributed by atoms with Gasteiger partial charge in [0.15, 0.2) is 0 Å². The van der Waals surface area contributed by atoms with Crippen LogP contribution >= 0.6 is 34.5 Å². The van der Waals surface area contributed by atoms with Crippen LogP contribution in [-0.4, -0.2) is 15.4 Å². The van der Waals surface area contributed by atoms with Crippen molar-refractivity contribution in [3.8, 4) is 0 Å². The summed E-state index contributed by atoms with van der Waals surface area (Å²) in [5.41, 5.74) is 1.45. The van der Waals surface area contributed by atoms with Crippen molar-refractivity contribution in [1.29, 1.82) is 0 Å². The lowest BCUT2D eigenvalue weighted by Crippen LogP contribution is -2.05. The highest BCUT2D eigenvalue weighted by molar-refractivity contribution is 7.09. The lowest BCUT2D eigenvalue weighted by Gasteiger charge is -2.07. The van der Waals surface area contributed by atoms with E-state index in [1.807, 2.05) is 11.4 Å². The molecular weight excluding hydrogens is 318 g/mol. The van der Waals surface area contributed by atoms with E-state index < -0.39 is 5.82 Å². The van der Waals surface area contributed by atoms with Crippen LogP contribution < -0.4 is 0 Å². The van der Waals surface area contributed by atoms with E-state index in [9.17, 15) is 4.39 Å². The Balaban J connectivity index is 2.15. The lowest BCUT2D eigenvalue weighted by atomic mass is 10.3. The molecular formula is C14H11Cl2FN2S. The molecule has 0 spiro atoms. The third-order valence-electron chi connectivity index (χ3n) is 3.08. The van der Waals surface area contributed by atoms with E-state index in [2.05, 4.69) is 15.6 Å². The summed E-state index contributed by atoms with van der Waals surface area (Å²) in [4.78, 5) is 5.68. The van der Waals surface area contributed by atoms with Gasteiger partial charge in [-0.15, -0.1) is 22.9 Å². The third-order valence-corrected chi connectivity index (χ3v) is 4.42. The van der Waals surface area contributed by atoms with Gasteiger partial charge in [0.2, 0.25) is 0 Å². The first-order valence-corrected chi connectivity index (χ1v) is 7.90. The van der Waals surface area contributed by atoms with E-state index in [0.29, 0.717) is 24.4 Å². The van der Waals surface area contributed by atoms with Gasteiger partial charge in [-0.25, -0.2) is 9.37 Å². The van der Waals surface area contributed by atoms with Crippen LogP contribution in [0.2, 0.25) is 5.02 Å². The Morgan fingerprint density at radius 1 is 1.35 bits per heavy atom. The summed E-state index contributed by atoms with van der Waals surface area (Å²) in [6, 6.07) is 7.07. The molecule has 2 heterocycles. The highest BCUT2D eigenvalue weighted by Gasteiger charge is 2.14. The average Bonchev–Trinajstić information content (AvgIpc) is 3.02. The molecule has 2 aromatic heterocycles. The van der Waals surface area contributed by atoms with Crippen LogP contribution in [0.4, 0.5) is 4.39 Å². The van der Waals surface area contributed by atoms with Crippen LogP contribution in [0.5, 0.6) is 0 Å². The van der Waals surface area contributed by atoms with E-state index in [1.54, 1.807) is 17.4 Å². The molecule has 0 aliphatic carbocycles. The highest BCUT2D eigenvalue weighted by atomic mass is 35.5. The smallest absolute Gasteiger partial charge is 0.144 e. The summed E-state index contributed by atoms with van der Waals surface area (Å²) in [6.45, 7) is 0.697. The Kier molecular flexibility index (Phi) is 3.96. The Morgan fingerprint density at radius 3 is 2.90 bits per heavy atom. The van der Waals surface area contributed by atoms with Crippen molar-refractivity contribution in [3.63, 3.8) is 0 Å². The number of benzene rings is 1. The number of aromatic nitrogens is 2. The lowest BCUT2D eigenvalue weighted by molar-refractivity contribution is 0.629. The van der Waals surface area contributed by atoms with Gasteiger partial charge in [0.25, 0.3) is 0 Å². The van der Waals surface area contributed by atoms with Gasteiger partial charge in [-0.3, -0.25) is 0 Å². The molecule has 3 rings (SSSR count). The molecule has 0 bridgehead atoms. The van der Waals surface area contributed by atoms with Gasteiger partial charge in [0.05, 0.1) is 22.6 Å². The zero-order valence-corrected chi connectivity index (χ0v) is 12.8. The van der Waals surface area contributed by atoms with Gasteiger partial charge in [-0.05, 0) is 17.5 Å². The first-order valence-electron chi connectivity index (χ1n) is 6.11. The van der Waals surface area contributed by atoms with Crippen molar-refractivity contribution in [3.05, 3.63) is 51.2 Å². The monoisotopic (exact) mass is 328 g/mol. The summed E-state index contributed by atoms with van der Waals surface area (Å²) < 4.78 is 15.6. The topological polar surface area (TPSA) is 17.8 Å².